The van der Waals surface area contributed by atoms with E-state index in [-0.39, 0.29) is 18.2 Å². The first kappa shape index (κ1) is 14.4. The van der Waals surface area contributed by atoms with Gasteiger partial charge in [-0.2, -0.15) is 0 Å². The second kappa shape index (κ2) is 6.48. The molecule has 0 aliphatic carbocycles. The fourth-order valence-electron chi connectivity index (χ4n) is 2.84. The van der Waals surface area contributed by atoms with Crippen molar-refractivity contribution in [3.05, 3.63) is 83.9 Å². The fourth-order valence-corrected chi connectivity index (χ4v) is 2.84. The predicted octanol–water partition coefficient (Wildman–Crippen LogP) is 4.32. The maximum Gasteiger partial charge on any atom is 0.411 e. The first-order valence-electron chi connectivity index (χ1n) is 7.48. The molecule has 1 fully saturated rings. The number of rotatable bonds is 4. The van der Waals surface area contributed by atoms with Crippen LogP contribution in [0.1, 0.15) is 24.1 Å². The van der Waals surface area contributed by atoms with E-state index in [0.29, 0.717) is 6.54 Å². The highest BCUT2D eigenvalue weighted by molar-refractivity contribution is 5.71. The monoisotopic (exact) mass is 293 g/mol. The molecule has 0 unspecified atom stereocenters. The first-order chi connectivity index (χ1) is 10.8. The Balaban J connectivity index is 1.93. The molecule has 3 nitrogen and oxygen atoms in total. The maximum absolute atomic E-state index is 12.3. The lowest BCUT2D eigenvalue weighted by Crippen LogP contribution is -2.28. The Bertz CT molecular complexity index is 652. The molecule has 1 aliphatic rings. The largest absolute Gasteiger partial charge is 0.439 e. The smallest absolute Gasteiger partial charge is 0.411 e. The van der Waals surface area contributed by atoms with Crippen molar-refractivity contribution >= 4 is 6.09 Å². The van der Waals surface area contributed by atoms with E-state index < -0.39 is 0 Å². The summed E-state index contributed by atoms with van der Waals surface area (Å²) in [4.78, 5) is 14.1. The molecule has 0 radical (unpaired) electrons. The predicted molar refractivity (Wildman–Crippen MR) is 86.3 cm³/mol. The van der Waals surface area contributed by atoms with Crippen LogP contribution in [0.3, 0.4) is 0 Å². The Morgan fingerprint density at radius 1 is 1.05 bits per heavy atom. The maximum atomic E-state index is 12.3. The van der Waals surface area contributed by atoms with Crippen molar-refractivity contribution in [2.75, 3.05) is 0 Å². The van der Waals surface area contributed by atoms with Crippen LogP contribution in [0.2, 0.25) is 0 Å². The molecule has 0 bridgehead atoms. The van der Waals surface area contributed by atoms with Crippen LogP contribution in [0.4, 0.5) is 4.79 Å². The highest BCUT2D eigenvalue weighted by Crippen LogP contribution is 2.35. The summed E-state index contributed by atoms with van der Waals surface area (Å²) in [5.74, 6) is 0. The van der Waals surface area contributed by atoms with Gasteiger partial charge in [0.1, 0.15) is 12.1 Å². The van der Waals surface area contributed by atoms with Crippen LogP contribution in [0.5, 0.6) is 0 Å². The van der Waals surface area contributed by atoms with E-state index in [1.807, 2.05) is 79.7 Å². The second-order valence-corrected chi connectivity index (χ2v) is 5.34. The standard InChI is InChI=1S/C19H19NO2/c1-2-9-17-18(16-12-7-4-8-13-16)20(19(21)22-17)14-15-10-5-3-6-11-15/h2-13,17-18H,14H2,1H3/b9-2+/t17-,18-/m0/s1. The van der Waals surface area contributed by atoms with Crippen molar-refractivity contribution < 1.29 is 9.53 Å². The third-order valence-electron chi connectivity index (χ3n) is 3.84. The fraction of sp³-hybridized carbons (Fsp3) is 0.211. The summed E-state index contributed by atoms with van der Waals surface area (Å²) in [5, 5.41) is 0. The molecule has 3 heteroatoms. The highest BCUT2D eigenvalue weighted by atomic mass is 16.6. The molecular weight excluding hydrogens is 274 g/mol. The zero-order chi connectivity index (χ0) is 15.4. The molecule has 22 heavy (non-hydrogen) atoms. The summed E-state index contributed by atoms with van der Waals surface area (Å²) < 4.78 is 5.55. The first-order valence-corrected chi connectivity index (χ1v) is 7.48. The van der Waals surface area contributed by atoms with E-state index in [4.69, 9.17) is 4.74 Å². The molecule has 1 amide bonds. The van der Waals surface area contributed by atoms with Gasteiger partial charge in [-0.1, -0.05) is 66.7 Å². The molecule has 0 spiro atoms. The average Bonchev–Trinajstić information content (AvgIpc) is 2.85. The molecule has 1 saturated heterocycles. The minimum atomic E-state index is -0.263. The van der Waals surface area contributed by atoms with Crippen molar-refractivity contribution in [1.29, 1.82) is 0 Å². The number of ether oxygens (including phenoxy) is 1. The van der Waals surface area contributed by atoms with Gasteiger partial charge in [0.25, 0.3) is 0 Å². The van der Waals surface area contributed by atoms with Gasteiger partial charge in [0.15, 0.2) is 0 Å². The lowest BCUT2D eigenvalue weighted by Gasteiger charge is -2.24. The van der Waals surface area contributed by atoms with Gasteiger partial charge in [-0.15, -0.1) is 0 Å². The third-order valence-corrected chi connectivity index (χ3v) is 3.84. The second-order valence-electron chi connectivity index (χ2n) is 5.34. The Hall–Kier alpha value is -2.55. The van der Waals surface area contributed by atoms with Crippen LogP contribution in [-0.4, -0.2) is 17.1 Å². The van der Waals surface area contributed by atoms with E-state index in [2.05, 4.69) is 0 Å². The van der Waals surface area contributed by atoms with E-state index in [1.165, 1.54) is 0 Å². The summed E-state index contributed by atoms with van der Waals surface area (Å²) in [6.45, 7) is 2.49. The van der Waals surface area contributed by atoms with Gasteiger partial charge >= 0.3 is 6.09 Å². The topological polar surface area (TPSA) is 29.5 Å². The van der Waals surface area contributed by atoms with E-state index in [9.17, 15) is 4.79 Å². The van der Waals surface area contributed by atoms with E-state index >= 15 is 0 Å². The van der Waals surface area contributed by atoms with Gasteiger partial charge < -0.3 is 4.74 Å². The molecule has 0 saturated carbocycles. The number of allylic oxidation sites excluding steroid dienone is 1. The zero-order valence-electron chi connectivity index (χ0n) is 12.6. The molecule has 2 aromatic carbocycles. The van der Waals surface area contributed by atoms with Crippen LogP contribution >= 0.6 is 0 Å². The normalized spacial score (nSPS) is 21.3. The third kappa shape index (κ3) is 2.89. The Labute approximate surface area is 130 Å². The lowest BCUT2D eigenvalue weighted by molar-refractivity contribution is 0.144. The van der Waals surface area contributed by atoms with Gasteiger partial charge in [-0.05, 0) is 24.1 Å². The van der Waals surface area contributed by atoms with Crippen molar-refractivity contribution in [3.8, 4) is 0 Å². The van der Waals surface area contributed by atoms with Crippen LogP contribution < -0.4 is 0 Å². The van der Waals surface area contributed by atoms with Crippen LogP contribution in [0.25, 0.3) is 0 Å². The van der Waals surface area contributed by atoms with Gasteiger partial charge in [0.2, 0.25) is 0 Å². The van der Waals surface area contributed by atoms with Gasteiger partial charge in [-0.25, -0.2) is 4.79 Å². The minimum Gasteiger partial charge on any atom is -0.439 e. The van der Waals surface area contributed by atoms with Crippen molar-refractivity contribution in [2.45, 2.75) is 25.6 Å². The molecule has 1 heterocycles. The SMILES string of the molecule is C/C=C/[C@@H]1OC(=O)N(Cc2ccccc2)[C@H]1c1ccccc1. The highest BCUT2D eigenvalue weighted by Gasteiger charge is 2.41. The number of cyclic esters (lactones) is 1. The Morgan fingerprint density at radius 3 is 2.32 bits per heavy atom. The molecule has 0 aromatic heterocycles. The number of benzene rings is 2. The summed E-state index contributed by atoms with van der Waals surface area (Å²) in [6.07, 6.45) is 3.37. The number of carbonyl (C=O) groups is 1. The van der Waals surface area contributed by atoms with Crippen LogP contribution in [0, 0.1) is 0 Å². The molecule has 3 rings (SSSR count). The number of nitrogens with zero attached hydrogens (tertiary/aromatic N) is 1. The number of carbonyl (C=O) groups excluding carboxylic acids is 1. The van der Waals surface area contributed by atoms with Crippen LogP contribution in [-0.2, 0) is 11.3 Å². The molecule has 1 aliphatic heterocycles. The Morgan fingerprint density at radius 2 is 1.68 bits per heavy atom. The quantitative estimate of drug-likeness (QED) is 0.785. The summed E-state index contributed by atoms with van der Waals surface area (Å²) in [6, 6.07) is 20.0. The van der Waals surface area contributed by atoms with Gasteiger partial charge in [-0.3, -0.25) is 4.90 Å². The average molecular weight is 293 g/mol. The number of hydrogen-bond acceptors (Lipinski definition) is 2. The summed E-state index contributed by atoms with van der Waals surface area (Å²) in [7, 11) is 0. The van der Waals surface area contributed by atoms with Crippen molar-refractivity contribution in [3.63, 3.8) is 0 Å². The molecule has 2 atom stereocenters. The van der Waals surface area contributed by atoms with E-state index in [0.717, 1.165) is 11.1 Å². The molecule has 2 aromatic rings. The zero-order valence-corrected chi connectivity index (χ0v) is 12.6. The van der Waals surface area contributed by atoms with Crippen molar-refractivity contribution in [2.24, 2.45) is 0 Å². The number of hydrogen-bond donors (Lipinski definition) is 0. The molecule has 112 valence electrons. The number of amides is 1. The molecular formula is C19H19NO2. The molecule has 0 N–H and O–H groups in total. The van der Waals surface area contributed by atoms with Gasteiger partial charge in [0.05, 0.1) is 0 Å². The van der Waals surface area contributed by atoms with Crippen LogP contribution in [0.15, 0.2) is 72.8 Å². The summed E-state index contributed by atoms with van der Waals surface area (Å²) >= 11 is 0. The van der Waals surface area contributed by atoms with Crippen molar-refractivity contribution in [1.82, 2.24) is 4.90 Å². The van der Waals surface area contributed by atoms with Gasteiger partial charge in [0, 0.05) is 6.54 Å². The summed E-state index contributed by atoms with van der Waals surface area (Å²) in [5.41, 5.74) is 2.19. The minimum absolute atomic E-state index is 0.0925. The van der Waals surface area contributed by atoms with E-state index in [1.54, 1.807) is 4.90 Å². The Kier molecular flexibility index (Phi) is 4.24. The lowest BCUT2D eigenvalue weighted by atomic mass is 10.00.